The number of halogens is 1. The van der Waals surface area contributed by atoms with Crippen LogP contribution in [0.5, 0.6) is 0 Å². The predicted molar refractivity (Wildman–Crippen MR) is 65.4 cm³/mol. The summed E-state index contributed by atoms with van der Waals surface area (Å²) >= 11 is 6.32. The molecule has 1 nitrogen and oxygen atoms in total. The highest BCUT2D eigenvalue weighted by Crippen LogP contribution is 2.48. The average molecular weight is 224 g/mol. The van der Waals surface area contributed by atoms with E-state index in [2.05, 4.69) is 25.1 Å². The second-order valence-electron chi connectivity index (χ2n) is 4.66. The maximum absolute atomic E-state index is 6.32. The first kappa shape index (κ1) is 11.0. The maximum atomic E-state index is 6.32. The van der Waals surface area contributed by atoms with Crippen LogP contribution in [-0.4, -0.2) is 6.54 Å². The summed E-state index contributed by atoms with van der Waals surface area (Å²) in [5.74, 6) is 0. The normalized spacial score (nSPS) is 18.6. The first-order valence-corrected chi connectivity index (χ1v) is 6.02. The molecule has 0 bridgehead atoms. The van der Waals surface area contributed by atoms with Crippen molar-refractivity contribution in [2.45, 2.75) is 38.0 Å². The molecule has 1 saturated carbocycles. The van der Waals surface area contributed by atoms with Gasteiger partial charge in [-0.1, -0.05) is 30.2 Å². The van der Waals surface area contributed by atoms with Crippen LogP contribution in [0, 0.1) is 6.92 Å². The number of aryl methyl sites for hydroxylation is 1. The SMILES string of the molecule is Cc1ccc(C2(CCN)CCC2)c(Cl)c1. The fourth-order valence-electron chi connectivity index (χ4n) is 2.58. The number of benzene rings is 1. The summed E-state index contributed by atoms with van der Waals surface area (Å²) in [5.41, 5.74) is 8.53. The second-order valence-corrected chi connectivity index (χ2v) is 5.06. The van der Waals surface area contributed by atoms with Gasteiger partial charge in [0.1, 0.15) is 0 Å². The third-order valence-corrected chi connectivity index (χ3v) is 3.94. The molecule has 0 aromatic heterocycles. The van der Waals surface area contributed by atoms with Gasteiger partial charge < -0.3 is 5.73 Å². The van der Waals surface area contributed by atoms with Crippen LogP contribution in [0.3, 0.4) is 0 Å². The van der Waals surface area contributed by atoms with Gasteiger partial charge in [0.05, 0.1) is 0 Å². The summed E-state index contributed by atoms with van der Waals surface area (Å²) < 4.78 is 0. The number of hydrogen-bond donors (Lipinski definition) is 1. The Bertz CT molecular complexity index is 356. The first-order valence-electron chi connectivity index (χ1n) is 5.65. The lowest BCUT2D eigenvalue weighted by Gasteiger charge is -2.43. The van der Waals surface area contributed by atoms with E-state index in [4.69, 9.17) is 17.3 Å². The Kier molecular flexibility index (Phi) is 3.03. The van der Waals surface area contributed by atoms with E-state index in [1.165, 1.54) is 30.4 Å². The fraction of sp³-hybridized carbons (Fsp3) is 0.538. The van der Waals surface area contributed by atoms with Gasteiger partial charge in [-0.15, -0.1) is 0 Å². The van der Waals surface area contributed by atoms with Gasteiger partial charge in [-0.05, 0) is 55.3 Å². The molecule has 0 saturated heterocycles. The monoisotopic (exact) mass is 223 g/mol. The predicted octanol–water partition coefficient (Wildman–Crippen LogP) is 3.42. The molecule has 0 amide bonds. The molecule has 0 heterocycles. The van der Waals surface area contributed by atoms with Crippen molar-refractivity contribution in [2.75, 3.05) is 6.54 Å². The Balaban J connectivity index is 2.34. The van der Waals surface area contributed by atoms with E-state index in [0.29, 0.717) is 5.41 Å². The Labute approximate surface area is 96.6 Å². The third kappa shape index (κ3) is 1.91. The second kappa shape index (κ2) is 4.15. The molecule has 1 aliphatic rings. The molecule has 1 aliphatic carbocycles. The average Bonchev–Trinajstić information content (AvgIpc) is 2.12. The van der Waals surface area contributed by atoms with Crippen molar-refractivity contribution in [3.05, 3.63) is 34.3 Å². The van der Waals surface area contributed by atoms with Crippen molar-refractivity contribution < 1.29 is 0 Å². The molecule has 0 radical (unpaired) electrons. The van der Waals surface area contributed by atoms with E-state index in [0.717, 1.165) is 18.0 Å². The molecular formula is C13H18ClN. The molecule has 0 atom stereocenters. The quantitative estimate of drug-likeness (QED) is 0.835. The minimum atomic E-state index is 0.291. The Hall–Kier alpha value is -0.530. The van der Waals surface area contributed by atoms with Crippen molar-refractivity contribution in [2.24, 2.45) is 5.73 Å². The summed E-state index contributed by atoms with van der Waals surface area (Å²) in [6.07, 6.45) is 4.86. The zero-order valence-electron chi connectivity index (χ0n) is 9.22. The van der Waals surface area contributed by atoms with Crippen LogP contribution in [0.1, 0.15) is 36.8 Å². The van der Waals surface area contributed by atoms with E-state index >= 15 is 0 Å². The molecule has 0 unspecified atom stereocenters. The molecule has 1 aromatic carbocycles. The zero-order valence-corrected chi connectivity index (χ0v) is 9.98. The van der Waals surface area contributed by atoms with Gasteiger partial charge in [0, 0.05) is 5.02 Å². The van der Waals surface area contributed by atoms with Gasteiger partial charge in [-0.25, -0.2) is 0 Å². The highest BCUT2D eigenvalue weighted by atomic mass is 35.5. The molecule has 2 N–H and O–H groups in total. The molecule has 0 aliphatic heterocycles. The summed E-state index contributed by atoms with van der Waals surface area (Å²) in [6.45, 7) is 2.83. The smallest absolute Gasteiger partial charge is 0.0446 e. The molecule has 2 heteroatoms. The van der Waals surface area contributed by atoms with E-state index in [1.54, 1.807) is 0 Å². The molecule has 15 heavy (non-hydrogen) atoms. The van der Waals surface area contributed by atoms with Gasteiger partial charge in [-0.2, -0.15) is 0 Å². The Morgan fingerprint density at radius 3 is 2.60 bits per heavy atom. The van der Waals surface area contributed by atoms with Crippen molar-refractivity contribution in [3.8, 4) is 0 Å². The van der Waals surface area contributed by atoms with Crippen LogP contribution in [0.4, 0.5) is 0 Å². The van der Waals surface area contributed by atoms with Gasteiger partial charge in [-0.3, -0.25) is 0 Å². The molecule has 2 rings (SSSR count). The Morgan fingerprint density at radius 1 is 1.40 bits per heavy atom. The highest BCUT2D eigenvalue weighted by Gasteiger charge is 2.38. The fourth-order valence-corrected chi connectivity index (χ4v) is 3.02. The zero-order chi connectivity index (χ0) is 10.9. The number of hydrogen-bond acceptors (Lipinski definition) is 1. The minimum Gasteiger partial charge on any atom is -0.330 e. The lowest BCUT2D eigenvalue weighted by molar-refractivity contribution is 0.229. The van der Waals surface area contributed by atoms with E-state index in [-0.39, 0.29) is 0 Å². The van der Waals surface area contributed by atoms with Crippen LogP contribution in [-0.2, 0) is 5.41 Å². The van der Waals surface area contributed by atoms with Crippen molar-refractivity contribution in [3.63, 3.8) is 0 Å². The summed E-state index contributed by atoms with van der Waals surface area (Å²) in [4.78, 5) is 0. The third-order valence-electron chi connectivity index (χ3n) is 3.63. The van der Waals surface area contributed by atoms with Crippen molar-refractivity contribution >= 4 is 11.6 Å². The van der Waals surface area contributed by atoms with Crippen molar-refractivity contribution in [1.82, 2.24) is 0 Å². The number of rotatable bonds is 3. The summed E-state index contributed by atoms with van der Waals surface area (Å²) in [5, 5.41) is 0.920. The largest absolute Gasteiger partial charge is 0.330 e. The van der Waals surface area contributed by atoms with Crippen molar-refractivity contribution in [1.29, 1.82) is 0 Å². The van der Waals surface area contributed by atoms with E-state index in [1.807, 2.05) is 0 Å². The Morgan fingerprint density at radius 2 is 2.13 bits per heavy atom. The first-order chi connectivity index (χ1) is 7.18. The maximum Gasteiger partial charge on any atom is 0.0446 e. The van der Waals surface area contributed by atoms with Crippen LogP contribution >= 0.6 is 11.6 Å². The highest BCUT2D eigenvalue weighted by molar-refractivity contribution is 6.31. The molecular weight excluding hydrogens is 206 g/mol. The lowest BCUT2D eigenvalue weighted by Crippen LogP contribution is -2.36. The van der Waals surface area contributed by atoms with Crippen LogP contribution in [0.25, 0.3) is 0 Å². The molecule has 1 aromatic rings. The van der Waals surface area contributed by atoms with Gasteiger partial charge in [0.15, 0.2) is 0 Å². The number of nitrogens with two attached hydrogens (primary N) is 1. The summed E-state index contributed by atoms with van der Waals surface area (Å²) in [7, 11) is 0. The lowest BCUT2D eigenvalue weighted by atomic mass is 9.62. The van der Waals surface area contributed by atoms with E-state index < -0.39 is 0 Å². The van der Waals surface area contributed by atoms with Gasteiger partial charge in [0.25, 0.3) is 0 Å². The minimum absolute atomic E-state index is 0.291. The van der Waals surface area contributed by atoms with Crippen LogP contribution < -0.4 is 5.73 Å². The van der Waals surface area contributed by atoms with Gasteiger partial charge in [0.2, 0.25) is 0 Å². The standard InChI is InChI=1S/C13H18ClN/c1-10-3-4-11(12(14)9-10)13(7-8-15)5-2-6-13/h3-4,9H,2,5-8,15H2,1H3. The molecule has 1 fully saturated rings. The summed E-state index contributed by atoms with van der Waals surface area (Å²) in [6, 6.07) is 6.40. The van der Waals surface area contributed by atoms with E-state index in [9.17, 15) is 0 Å². The van der Waals surface area contributed by atoms with Gasteiger partial charge >= 0.3 is 0 Å². The van der Waals surface area contributed by atoms with Crippen LogP contribution in [0.2, 0.25) is 5.02 Å². The topological polar surface area (TPSA) is 26.0 Å². The molecule has 82 valence electrons. The molecule has 0 spiro atoms. The van der Waals surface area contributed by atoms with Crippen LogP contribution in [0.15, 0.2) is 18.2 Å².